The van der Waals surface area contributed by atoms with Gasteiger partial charge in [0.15, 0.2) is 5.78 Å². The number of hydrogen-bond acceptors (Lipinski definition) is 3. The maximum Gasteiger partial charge on any atom is 0.401 e. The number of aryl methyl sites for hydroxylation is 2. The Balaban J connectivity index is 0.000000402. The zero-order valence-electron chi connectivity index (χ0n) is 40.8. The van der Waals surface area contributed by atoms with Crippen LogP contribution in [0.2, 0.25) is 0 Å². The second-order valence-corrected chi connectivity index (χ2v) is 19.4. The first-order valence-corrected chi connectivity index (χ1v) is 22.7. The fourth-order valence-corrected chi connectivity index (χ4v) is 9.04. The average molecular weight is 1080 g/mol. The van der Waals surface area contributed by atoms with Gasteiger partial charge in [0, 0.05) is 37.3 Å². The molecule has 0 unspecified atom stereocenters. The standard InChI is InChI=1S/C40H46N.C15H22F6O2.Ir/c1-23(2)29-19-32(24(3)4)39(33(20-29)25(5)6)34-22-36(41-37-17-26(7)16-27(8)38(34)37)30-18-28-14-12-13-15-31(28)35(21-30)40(9,10)11;1-5-12(6-2,14(16,17)18)10(22)9-11(23)13(7-3,8-4)15(19,20)21;/h12-17,19-25H,1-11H3;9,22H,5-8H2,1-4H3;/q-1;;/b;10-9-;. The minimum Gasteiger partial charge on any atom is -0.511 e. The van der Waals surface area contributed by atoms with Crippen LogP contribution in [0, 0.1) is 30.7 Å². The first kappa shape index (κ1) is 55.3. The summed E-state index contributed by atoms with van der Waals surface area (Å²) < 4.78 is 79.4. The van der Waals surface area contributed by atoms with E-state index >= 15 is 0 Å². The second-order valence-electron chi connectivity index (χ2n) is 19.4. The molecule has 0 fully saturated rings. The van der Waals surface area contributed by atoms with Gasteiger partial charge in [-0.1, -0.05) is 143 Å². The van der Waals surface area contributed by atoms with Crippen molar-refractivity contribution >= 4 is 27.5 Å². The van der Waals surface area contributed by atoms with Crippen LogP contribution < -0.4 is 0 Å². The number of carbonyl (C=O) groups is 1. The molecule has 0 aliphatic carbocycles. The van der Waals surface area contributed by atoms with Gasteiger partial charge in [0.25, 0.3) is 0 Å². The number of aromatic nitrogens is 1. The van der Waals surface area contributed by atoms with E-state index in [4.69, 9.17) is 4.98 Å². The van der Waals surface area contributed by atoms with E-state index in [2.05, 4.69) is 143 Å². The third-order valence-electron chi connectivity index (χ3n) is 13.2. The normalized spacial score (nSPS) is 13.1. The smallest absolute Gasteiger partial charge is 0.401 e. The summed E-state index contributed by atoms with van der Waals surface area (Å²) in [5, 5.41) is 13.5. The Hall–Kier alpha value is -4.01. The van der Waals surface area contributed by atoms with Crippen molar-refractivity contribution in [3.05, 3.63) is 112 Å². The van der Waals surface area contributed by atoms with Crippen LogP contribution in [0.5, 0.6) is 0 Å². The van der Waals surface area contributed by atoms with E-state index in [-0.39, 0.29) is 31.6 Å². The summed E-state index contributed by atoms with van der Waals surface area (Å²) in [6.45, 7) is 29.8. The Labute approximate surface area is 397 Å². The summed E-state index contributed by atoms with van der Waals surface area (Å²) >= 11 is 0. The molecule has 0 aliphatic heterocycles. The molecular weight excluding hydrogens is 1010 g/mol. The molecule has 10 heteroatoms. The van der Waals surface area contributed by atoms with Gasteiger partial charge in [0.1, 0.15) is 16.6 Å². The molecule has 1 radical (unpaired) electrons. The predicted octanol–water partition coefficient (Wildman–Crippen LogP) is 17.5. The molecule has 0 bridgehead atoms. The maximum atomic E-state index is 13.2. The molecule has 0 aliphatic rings. The Morgan fingerprint density at radius 1 is 0.723 bits per heavy atom. The summed E-state index contributed by atoms with van der Waals surface area (Å²) in [6.07, 6.45) is -12.1. The van der Waals surface area contributed by atoms with Crippen molar-refractivity contribution < 1.29 is 56.3 Å². The van der Waals surface area contributed by atoms with E-state index in [1.807, 2.05) is 0 Å². The van der Waals surface area contributed by atoms with Crippen molar-refractivity contribution in [2.45, 2.75) is 165 Å². The molecule has 3 nitrogen and oxygen atoms in total. The van der Waals surface area contributed by atoms with Gasteiger partial charge in [-0.3, -0.25) is 9.78 Å². The van der Waals surface area contributed by atoms with Crippen molar-refractivity contribution in [2.24, 2.45) is 10.8 Å². The fraction of sp³-hybridized carbons (Fsp3) is 0.491. The number of hydrogen-bond donors (Lipinski definition) is 1. The number of benzene rings is 4. The largest absolute Gasteiger partial charge is 0.511 e. The van der Waals surface area contributed by atoms with Gasteiger partial charge in [-0.15, -0.1) is 29.1 Å². The van der Waals surface area contributed by atoms with E-state index in [0.717, 1.165) is 49.9 Å². The number of allylic oxidation sites excluding steroid dienone is 2. The van der Waals surface area contributed by atoms with Crippen LogP contribution in [0.1, 0.15) is 167 Å². The predicted molar refractivity (Wildman–Crippen MR) is 253 cm³/mol. The zero-order valence-corrected chi connectivity index (χ0v) is 43.2. The van der Waals surface area contributed by atoms with E-state index < -0.39 is 60.4 Å². The van der Waals surface area contributed by atoms with Crippen molar-refractivity contribution in [3.8, 4) is 22.4 Å². The Bertz CT molecular complexity index is 2470. The van der Waals surface area contributed by atoms with Crippen LogP contribution in [0.25, 0.3) is 44.1 Å². The number of pyridine rings is 1. The quantitative estimate of drug-likeness (QED) is 0.0586. The summed E-state index contributed by atoms with van der Waals surface area (Å²) in [5.41, 5.74) is 8.41. The van der Waals surface area contributed by atoms with E-state index in [9.17, 15) is 36.2 Å². The number of rotatable bonds is 12. The summed E-state index contributed by atoms with van der Waals surface area (Å²) in [5.74, 6) is -1.63. The van der Waals surface area contributed by atoms with Crippen LogP contribution in [0.3, 0.4) is 0 Å². The van der Waals surface area contributed by atoms with Crippen molar-refractivity contribution in [1.82, 2.24) is 4.98 Å². The molecule has 0 saturated carbocycles. The molecule has 4 aromatic carbocycles. The maximum absolute atomic E-state index is 13.2. The van der Waals surface area contributed by atoms with Crippen LogP contribution in [-0.4, -0.2) is 28.2 Å². The van der Waals surface area contributed by atoms with E-state index in [1.54, 1.807) is 0 Å². The molecule has 0 saturated heterocycles. The summed E-state index contributed by atoms with van der Waals surface area (Å²) in [6, 6.07) is 26.6. The zero-order chi connectivity index (χ0) is 48.5. The van der Waals surface area contributed by atoms with Crippen molar-refractivity contribution in [3.63, 3.8) is 0 Å². The summed E-state index contributed by atoms with van der Waals surface area (Å²) in [4.78, 5) is 17.4. The molecule has 0 spiro atoms. The minimum absolute atomic E-state index is 0. The third kappa shape index (κ3) is 11.1. The number of halogens is 6. The fourth-order valence-electron chi connectivity index (χ4n) is 9.04. The Morgan fingerprint density at radius 3 is 1.68 bits per heavy atom. The van der Waals surface area contributed by atoms with Gasteiger partial charge in [-0.2, -0.15) is 26.3 Å². The van der Waals surface area contributed by atoms with Gasteiger partial charge < -0.3 is 5.11 Å². The number of ketones is 1. The first-order valence-electron chi connectivity index (χ1n) is 22.7. The van der Waals surface area contributed by atoms with Gasteiger partial charge >= 0.3 is 12.4 Å². The van der Waals surface area contributed by atoms with Gasteiger partial charge in [-0.25, -0.2) is 0 Å². The van der Waals surface area contributed by atoms with E-state index in [0.29, 0.717) is 17.8 Å². The van der Waals surface area contributed by atoms with Gasteiger partial charge in [0.2, 0.25) is 0 Å². The van der Waals surface area contributed by atoms with Crippen LogP contribution in [0.4, 0.5) is 26.3 Å². The van der Waals surface area contributed by atoms with Gasteiger partial charge in [0.05, 0.1) is 5.52 Å². The summed E-state index contributed by atoms with van der Waals surface area (Å²) in [7, 11) is 0. The molecule has 5 aromatic rings. The average Bonchev–Trinajstić information content (AvgIpc) is 3.19. The van der Waals surface area contributed by atoms with Gasteiger partial charge in [-0.05, 0) is 108 Å². The van der Waals surface area contributed by atoms with Crippen LogP contribution in [0.15, 0.2) is 72.5 Å². The number of carbonyl (C=O) groups excluding carboxylic acids is 1. The number of nitrogens with zero attached hydrogens (tertiary/aromatic N) is 1. The number of aliphatic hydroxyl groups excluding tert-OH is 1. The number of fused-ring (bicyclic) bond motifs is 2. The minimum atomic E-state index is -4.91. The van der Waals surface area contributed by atoms with E-state index in [1.165, 1.54) is 55.3 Å². The molecule has 1 N–H and O–H groups in total. The molecular formula is C55H68F6IrNO2-. The SMILES string of the molecule is CCC(CC)(C(=O)/C=C(\O)C(CC)(CC)C(F)(F)F)C(F)(F)F.Cc1cc(C)c2c(-c3c(C(C)C)cc(C(C)C)cc3C(C)C)cc(-c3[c-]c4ccccc4c(C(C)(C)C)c3)nc2c1.[Ir]. The molecule has 1 aromatic heterocycles. The molecule has 0 amide bonds. The van der Waals surface area contributed by atoms with Crippen molar-refractivity contribution in [2.75, 3.05) is 0 Å². The molecule has 1 heterocycles. The molecule has 357 valence electrons. The molecule has 0 atom stereocenters. The number of aliphatic hydroxyl groups is 1. The van der Waals surface area contributed by atoms with Crippen molar-refractivity contribution in [1.29, 1.82) is 0 Å². The Kier molecular flexibility index (Phi) is 17.8. The van der Waals surface area contributed by atoms with Crippen LogP contribution >= 0.6 is 0 Å². The Morgan fingerprint density at radius 2 is 1.23 bits per heavy atom. The molecule has 65 heavy (non-hydrogen) atoms. The second kappa shape index (κ2) is 20.9. The first-order chi connectivity index (χ1) is 29.5. The monoisotopic (exact) mass is 1080 g/mol. The molecule has 5 rings (SSSR count). The number of alkyl halides is 6. The van der Waals surface area contributed by atoms with Crippen LogP contribution in [-0.2, 0) is 30.3 Å². The third-order valence-corrected chi connectivity index (χ3v) is 13.2. The topological polar surface area (TPSA) is 50.2 Å².